The lowest BCUT2D eigenvalue weighted by Crippen LogP contribution is -2.35. The zero-order valence-corrected chi connectivity index (χ0v) is 14.1. The summed E-state index contributed by atoms with van der Waals surface area (Å²) in [5.41, 5.74) is 1.07. The molecule has 1 aromatic carbocycles. The van der Waals surface area contributed by atoms with Crippen LogP contribution in [-0.4, -0.2) is 44.8 Å². The Morgan fingerprint density at radius 3 is 2.48 bits per heavy atom. The highest BCUT2D eigenvalue weighted by Gasteiger charge is 2.33. The number of nitrogens with zero attached hydrogens (tertiary/aromatic N) is 1. The van der Waals surface area contributed by atoms with Crippen LogP contribution in [0, 0.1) is 17.7 Å². The van der Waals surface area contributed by atoms with Crippen LogP contribution in [0.5, 0.6) is 0 Å². The van der Waals surface area contributed by atoms with Crippen molar-refractivity contribution in [2.24, 2.45) is 11.8 Å². The monoisotopic (exact) mass is 341 g/mol. The summed E-state index contributed by atoms with van der Waals surface area (Å²) >= 11 is 0. The summed E-state index contributed by atoms with van der Waals surface area (Å²) in [5, 5.41) is 0. The minimum Gasteiger partial charge on any atom is -0.381 e. The first-order valence-electron chi connectivity index (χ1n) is 8.33. The van der Waals surface area contributed by atoms with Crippen LogP contribution in [0.3, 0.4) is 0 Å². The maximum Gasteiger partial charge on any atom is 0.214 e. The fourth-order valence-electron chi connectivity index (χ4n) is 3.49. The largest absolute Gasteiger partial charge is 0.381 e. The molecule has 0 amide bonds. The summed E-state index contributed by atoms with van der Waals surface area (Å²) in [5.74, 6) is 0.565. The van der Waals surface area contributed by atoms with Crippen molar-refractivity contribution in [3.8, 4) is 0 Å². The van der Waals surface area contributed by atoms with E-state index in [1.807, 2.05) is 0 Å². The summed E-state index contributed by atoms with van der Waals surface area (Å²) in [4.78, 5) is 0. The molecule has 0 spiro atoms. The molecule has 2 saturated heterocycles. The first-order valence-corrected chi connectivity index (χ1v) is 9.94. The molecule has 0 aliphatic carbocycles. The van der Waals surface area contributed by atoms with Gasteiger partial charge in [-0.3, -0.25) is 0 Å². The highest BCUT2D eigenvalue weighted by molar-refractivity contribution is 7.89. The smallest absolute Gasteiger partial charge is 0.214 e. The maximum absolute atomic E-state index is 12.9. The second-order valence-corrected chi connectivity index (χ2v) is 8.69. The highest BCUT2D eigenvalue weighted by atomic mass is 32.2. The molecular formula is C17H24FNO3S. The molecule has 2 fully saturated rings. The predicted molar refractivity (Wildman–Crippen MR) is 87.1 cm³/mol. The Bertz CT molecular complexity index is 611. The Labute approximate surface area is 137 Å². The molecule has 0 N–H and O–H groups in total. The van der Waals surface area contributed by atoms with Crippen LogP contribution in [0.4, 0.5) is 4.39 Å². The Balaban J connectivity index is 1.54. The molecule has 0 radical (unpaired) electrons. The molecular weight excluding hydrogens is 317 g/mol. The van der Waals surface area contributed by atoms with Crippen LogP contribution in [0.25, 0.3) is 0 Å². The van der Waals surface area contributed by atoms with E-state index in [-0.39, 0.29) is 17.5 Å². The number of hydrogen-bond acceptors (Lipinski definition) is 3. The van der Waals surface area contributed by atoms with E-state index >= 15 is 0 Å². The molecule has 2 aliphatic rings. The number of benzene rings is 1. The van der Waals surface area contributed by atoms with Crippen LogP contribution in [-0.2, 0) is 21.2 Å². The van der Waals surface area contributed by atoms with E-state index in [0.717, 1.165) is 31.2 Å². The lowest BCUT2D eigenvalue weighted by Gasteiger charge is -2.24. The van der Waals surface area contributed by atoms with Gasteiger partial charge in [0, 0.05) is 26.3 Å². The van der Waals surface area contributed by atoms with E-state index < -0.39 is 10.0 Å². The van der Waals surface area contributed by atoms with Crippen molar-refractivity contribution in [3.63, 3.8) is 0 Å². The average Bonchev–Trinajstić information content (AvgIpc) is 3.00. The third-order valence-corrected chi connectivity index (χ3v) is 6.88. The van der Waals surface area contributed by atoms with Crippen molar-refractivity contribution in [3.05, 3.63) is 35.6 Å². The zero-order valence-electron chi connectivity index (χ0n) is 13.3. The van der Waals surface area contributed by atoms with Crippen LogP contribution >= 0.6 is 0 Å². The molecule has 0 bridgehead atoms. The van der Waals surface area contributed by atoms with Crippen molar-refractivity contribution in [1.82, 2.24) is 4.31 Å². The fraction of sp³-hybridized carbons (Fsp3) is 0.647. The molecule has 1 unspecified atom stereocenters. The number of hydrogen-bond donors (Lipinski definition) is 0. The van der Waals surface area contributed by atoms with Gasteiger partial charge in [0.15, 0.2) is 0 Å². The number of sulfonamides is 1. The zero-order chi connectivity index (χ0) is 16.3. The Morgan fingerprint density at radius 1 is 1.09 bits per heavy atom. The number of halogens is 1. The van der Waals surface area contributed by atoms with Gasteiger partial charge >= 0.3 is 0 Å². The first kappa shape index (κ1) is 16.9. The van der Waals surface area contributed by atoms with Crippen LogP contribution in [0.15, 0.2) is 24.3 Å². The maximum atomic E-state index is 12.9. The van der Waals surface area contributed by atoms with Gasteiger partial charge < -0.3 is 4.74 Å². The molecule has 3 rings (SSSR count). The van der Waals surface area contributed by atoms with Gasteiger partial charge in [-0.15, -0.1) is 0 Å². The summed E-state index contributed by atoms with van der Waals surface area (Å²) < 4.78 is 45.0. The van der Waals surface area contributed by atoms with Crippen LogP contribution in [0.1, 0.15) is 24.8 Å². The van der Waals surface area contributed by atoms with Gasteiger partial charge in [0.2, 0.25) is 10.0 Å². The van der Waals surface area contributed by atoms with Crippen molar-refractivity contribution in [1.29, 1.82) is 0 Å². The summed E-state index contributed by atoms with van der Waals surface area (Å²) in [6.45, 7) is 2.54. The van der Waals surface area contributed by atoms with Gasteiger partial charge in [0.1, 0.15) is 5.82 Å². The summed E-state index contributed by atoms with van der Waals surface area (Å²) in [6, 6.07) is 6.50. The molecule has 0 aromatic heterocycles. The van der Waals surface area contributed by atoms with Crippen molar-refractivity contribution < 1.29 is 17.5 Å². The highest BCUT2D eigenvalue weighted by Crippen LogP contribution is 2.26. The Kier molecular flexibility index (Phi) is 5.34. The van der Waals surface area contributed by atoms with Gasteiger partial charge in [-0.1, -0.05) is 12.1 Å². The van der Waals surface area contributed by atoms with E-state index in [0.29, 0.717) is 32.2 Å². The number of ether oxygens (including phenoxy) is 1. The van der Waals surface area contributed by atoms with E-state index in [4.69, 9.17) is 4.74 Å². The average molecular weight is 341 g/mol. The predicted octanol–water partition coefficient (Wildman–Crippen LogP) is 2.45. The van der Waals surface area contributed by atoms with Crippen molar-refractivity contribution in [2.45, 2.75) is 25.7 Å². The van der Waals surface area contributed by atoms with Gasteiger partial charge in [-0.2, -0.15) is 0 Å². The quantitative estimate of drug-likeness (QED) is 0.826. The molecule has 0 saturated carbocycles. The third kappa shape index (κ3) is 4.52. The molecule has 4 nitrogen and oxygen atoms in total. The molecule has 2 heterocycles. The van der Waals surface area contributed by atoms with Gasteiger partial charge in [0.25, 0.3) is 0 Å². The standard InChI is InChI=1S/C17H24FNO3S/c18-17-3-1-14(2-4-17)11-16-5-8-19(12-16)23(20,21)13-15-6-9-22-10-7-15/h1-4,15-16H,5-13H2. The molecule has 1 aromatic rings. The van der Waals surface area contributed by atoms with Gasteiger partial charge in [-0.05, 0) is 55.2 Å². The van der Waals surface area contributed by atoms with E-state index in [9.17, 15) is 12.8 Å². The van der Waals surface area contributed by atoms with E-state index in [2.05, 4.69) is 0 Å². The second-order valence-electron chi connectivity index (χ2n) is 6.68. The molecule has 23 heavy (non-hydrogen) atoms. The minimum absolute atomic E-state index is 0.227. The summed E-state index contributed by atoms with van der Waals surface area (Å²) in [7, 11) is -3.17. The van der Waals surface area contributed by atoms with Gasteiger partial charge in [-0.25, -0.2) is 17.1 Å². The normalized spacial score (nSPS) is 24.1. The van der Waals surface area contributed by atoms with Crippen LogP contribution < -0.4 is 0 Å². The lowest BCUT2D eigenvalue weighted by atomic mass is 9.99. The summed E-state index contributed by atoms with van der Waals surface area (Å²) in [6.07, 6.45) is 3.37. The topological polar surface area (TPSA) is 46.6 Å². The molecule has 128 valence electrons. The lowest BCUT2D eigenvalue weighted by molar-refractivity contribution is 0.0721. The van der Waals surface area contributed by atoms with Crippen molar-refractivity contribution in [2.75, 3.05) is 32.1 Å². The third-order valence-electron chi connectivity index (χ3n) is 4.87. The number of rotatable bonds is 5. The SMILES string of the molecule is O=S(=O)(CC1CCOCC1)N1CCC(Cc2ccc(F)cc2)C1. The Morgan fingerprint density at radius 2 is 1.78 bits per heavy atom. The molecule has 1 atom stereocenters. The molecule has 2 aliphatic heterocycles. The fourth-order valence-corrected chi connectivity index (χ4v) is 5.45. The minimum atomic E-state index is -3.17. The second kappa shape index (κ2) is 7.28. The van der Waals surface area contributed by atoms with Crippen molar-refractivity contribution >= 4 is 10.0 Å². The molecule has 6 heteroatoms. The van der Waals surface area contributed by atoms with E-state index in [1.165, 1.54) is 12.1 Å². The van der Waals surface area contributed by atoms with Gasteiger partial charge in [0.05, 0.1) is 5.75 Å². The van der Waals surface area contributed by atoms with Crippen LogP contribution in [0.2, 0.25) is 0 Å². The van der Waals surface area contributed by atoms with E-state index in [1.54, 1.807) is 16.4 Å². The Hall–Kier alpha value is -0.980. The first-order chi connectivity index (χ1) is 11.0.